The highest BCUT2D eigenvalue weighted by Crippen LogP contribution is 2.28. The lowest BCUT2D eigenvalue weighted by atomic mass is 10.1. The SMILES string of the molecule is COCCn1cc(C(=O)NCCCN2CCOCC2)c2c3ccccc3n(C)c2c1=O. The number of hydrogen-bond donors (Lipinski definition) is 1. The number of methoxy groups -OCH3 is 1. The summed E-state index contributed by atoms with van der Waals surface area (Å²) in [5, 5.41) is 4.68. The van der Waals surface area contributed by atoms with Gasteiger partial charge < -0.3 is 23.9 Å². The number of carbonyl (C=O) groups is 1. The first-order chi connectivity index (χ1) is 15.1. The molecule has 1 amide bonds. The number of fused-ring (bicyclic) bond motifs is 3. The van der Waals surface area contributed by atoms with Gasteiger partial charge in [-0.3, -0.25) is 14.5 Å². The molecule has 0 radical (unpaired) electrons. The number of nitrogens with zero attached hydrogens (tertiary/aromatic N) is 3. The third kappa shape index (κ3) is 4.37. The fraction of sp³-hybridized carbons (Fsp3) is 0.478. The summed E-state index contributed by atoms with van der Waals surface area (Å²) < 4.78 is 14.0. The van der Waals surface area contributed by atoms with E-state index in [0.717, 1.165) is 50.2 Å². The third-order valence-electron chi connectivity index (χ3n) is 5.95. The molecule has 0 aliphatic carbocycles. The molecule has 0 atom stereocenters. The number of hydrogen-bond acceptors (Lipinski definition) is 5. The fourth-order valence-electron chi connectivity index (χ4n) is 4.28. The van der Waals surface area contributed by atoms with Crippen LogP contribution in [0, 0.1) is 0 Å². The molecule has 1 N–H and O–H groups in total. The minimum absolute atomic E-state index is 0.116. The lowest BCUT2D eigenvalue weighted by Gasteiger charge is -2.26. The lowest BCUT2D eigenvalue weighted by Crippen LogP contribution is -2.38. The van der Waals surface area contributed by atoms with E-state index >= 15 is 0 Å². The van der Waals surface area contributed by atoms with Crippen LogP contribution < -0.4 is 10.9 Å². The minimum Gasteiger partial charge on any atom is -0.383 e. The number of aryl methyl sites for hydroxylation is 1. The second-order valence-corrected chi connectivity index (χ2v) is 7.90. The molecule has 1 saturated heterocycles. The topological polar surface area (TPSA) is 77.7 Å². The number of benzene rings is 1. The van der Waals surface area contributed by atoms with Crippen molar-refractivity contribution in [2.24, 2.45) is 7.05 Å². The van der Waals surface area contributed by atoms with Gasteiger partial charge >= 0.3 is 0 Å². The summed E-state index contributed by atoms with van der Waals surface area (Å²) in [6.07, 6.45) is 2.54. The molecule has 1 aliphatic rings. The fourth-order valence-corrected chi connectivity index (χ4v) is 4.28. The van der Waals surface area contributed by atoms with Gasteiger partial charge in [-0.25, -0.2) is 0 Å². The Balaban J connectivity index is 1.63. The van der Waals surface area contributed by atoms with Crippen molar-refractivity contribution < 1.29 is 14.3 Å². The molecule has 0 unspecified atom stereocenters. The largest absolute Gasteiger partial charge is 0.383 e. The van der Waals surface area contributed by atoms with Crippen LogP contribution in [0.25, 0.3) is 21.8 Å². The van der Waals surface area contributed by atoms with E-state index in [1.807, 2.05) is 35.9 Å². The van der Waals surface area contributed by atoms with Gasteiger partial charge in [-0.05, 0) is 19.0 Å². The van der Waals surface area contributed by atoms with E-state index in [9.17, 15) is 9.59 Å². The number of para-hydroxylation sites is 1. The Morgan fingerprint density at radius 2 is 1.97 bits per heavy atom. The molecule has 0 spiro atoms. The highest BCUT2D eigenvalue weighted by molar-refractivity contribution is 6.17. The Morgan fingerprint density at radius 3 is 2.74 bits per heavy atom. The van der Waals surface area contributed by atoms with Gasteiger partial charge in [0.15, 0.2) is 0 Å². The molecule has 1 fully saturated rings. The maximum Gasteiger partial charge on any atom is 0.275 e. The number of amides is 1. The molecule has 0 bridgehead atoms. The number of morpholine rings is 1. The third-order valence-corrected chi connectivity index (χ3v) is 5.95. The number of pyridine rings is 1. The molecular weight excluding hydrogens is 396 g/mol. The predicted octanol–water partition coefficient (Wildman–Crippen LogP) is 1.59. The van der Waals surface area contributed by atoms with E-state index in [0.29, 0.717) is 36.2 Å². The molecule has 4 rings (SSSR count). The van der Waals surface area contributed by atoms with Gasteiger partial charge in [0, 0.05) is 62.8 Å². The van der Waals surface area contributed by atoms with Gasteiger partial charge in [0.05, 0.1) is 25.4 Å². The van der Waals surface area contributed by atoms with Crippen molar-refractivity contribution in [1.82, 2.24) is 19.4 Å². The Labute approximate surface area is 181 Å². The molecular formula is C23H30N4O4. The molecule has 166 valence electrons. The number of carbonyl (C=O) groups excluding carboxylic acids is 1. The Morgan fingerprint density at radius 1 is 1.19 bits per heavy atom. The lowest BCUT2D eigenvalue weighted by molar-refractivity contribution is 0.0374. The number of ether oxygens (including phenoxy) is 2. The zero-order valence-electron chi connectivity index (χ0n) is 18.2. The van der Waals surface area contributed by atoms with Crippen molar-refractivity contribution in [1.29, 1.82) is 0 Å². The summed E-state index contributed by atoms with van der Waals surface area (Å²) in [5.41, 5.74) is 1.88. The van der Waals surface area contributed by atoms with Crippen LogP contribution >= 0.6 is 0 Å². The van der Waals surface area contributed by atoms with Crippen LogP contribution in [-0.4, -0.2) is 73.1 Å². The molecule has 8 nitrogen and oxygen atoms in total. The van der Waals surface area contributed by atoms with Crippen LogP contribution in [0.4, 0.5) is 0 Å². The molecule has 1 aromatic carbocycles. The molecule has 0 saturated carbocycles. The second-order valence-electron chi connectivity index (χ2n) is 7.90. The van der Waals surface area contributed by atoms with Crippen LogP contribution in [0.15, 0.2) is 35.3 Å². The van der Waals surface area contributed by atoms with E-state index in [-0.39, 0.29) is 11.5 Å². The second kappa shape index (κ2) is 9.64. The van der Waals surface area contributed by atoms with Crippen LogP contribution in [0.5, 0.6) is 0 Å². The molecule has 2 aromatic heterocycles. The van der Waals surface area contributed by atoms with Crippen LogP contribution in [0.3, 0.4) is 0 Å². The number of aromatic nitrogens is 2. The van der Waals surface area contributed by atoms with E-state index in [1.54, 1.807) is 17.9 Å². The maximum atomic E-state index is 13.2. The molecule has 3 aromatic rings. The van der Waals surface area contributed by atoms with Crippen molar-refractivity contribution >= 4 is 27.7 Å². The molecule has 1 aliphatic heterocycles. The highest BCUT2D eigenvalue weighted by atomic mass is 16.5. The summed E-state index contributed by atoms with van der Waals surface area (Å²) in [5.74, 6) is -0.158. The smallest absolute Gasteiger partial charge is 0.275 e. The standard InChI is InChI=1S/C23H30N4O4/c1-25-19-7-4-3-6-17(19)20-18(16-27(12-13-30-2)23(29)21(20)25)22(28)24-8-5-9-26-10-14-31-15-11-26/h3-4,6-7,16H,5,8-15H2,1-2H3,(H,24,28). The van der Waals surface area contributed by atoms with Gasteiger partial charge in [0.25, 0.3) is 11.5 Å². The Kier molecular flexibility index (Phi) is 6.70. The van der Waals surface area contributed by atoms with E-state index in [2.05, 4.69) is 10.2 Å². The van der Waals surface area contributed by atoms with Gasteiger partial charge in [-0.2, -0.15) is 0 Å². The zero-order valence-corrected chi connectivity index (χ0v) is 18.2. The van der Waals surface area contributed by atoms with Gasteiger partial charge in [0.1, 0.15) is 5.52 Å². The first-order valence-electron chi connectivity index (χ1n) is 10.8. The summed E-state index contributed by atoms with van der Waals surface area (Å²) in [7, 11) is 3.47. The van der Waals surface area contributed by atoms with Gasteiger partial charge in [0.2, 0.25) is 0 Å². The predicted molar refractivity (Wildman–Crippen MR) is 121 cm³/mol. The summed E-state index contributed by atoms with van der Waals surface area (Å²) in [6.45, 7) is 5.73. The first kappa shape index (κ1) is 21.5. The highest BCUT2D eigenvalue weighted by Gasteiger charge is 2.21. The maximum absolute atomic E-state index is 13.2. The Bertz CT molecular complexity index is 1130. The quantitative estimate of drug-likeness (QED) is 0.554. The van der Waals surface area contributed by atoms with Crippen LogP contribution in [0.1, 0.15) is 16.8 Å². The molecule has 8 heteroatoms. The van der Waals surface area contributed by atoms with E-state index < -0.39 is 0 Å². The van der Waals surface area contributed by atoms with Gasteiger partial charge in [-0.1, -0.05) is 18.2 Å². The van der Waals surface area contributed by atoms with Crippen LogP contribution in [-0.2, 0) is 23.1 Å². The summed E-state index contributed by atoms with van der Waals surface area (Å²) in [4.78, 5) is 28.7. The van der Waals surface area contributed by atoms with Gasteiger partial charge in [-0.15, -0.1) is 0 Å². The van der Waals surface area contributed by atoms with E-state index in [1.165, 1.54) is 0 Å². The summed E-state index contributed by atoms with van der Waals surface area (Å²) >= 11 is 0. The monoisotopic (exact) mass is 426 g/mol. The average molecular weight is 427 g/mol. The van der Waals surface area contributed by atoms with E-state index in [4.69, 9.17) is 9.47 Å². The van der Waals surface area contributed by atoms with Crippen LogP contribution in [0.2, 0.25) is 0 Å². The normalized spacial score (nSPS) is 15.0. The van der Waals surface area contributed by atoms with Crippen molar-refractivity contribution in [2.75, 3.05) is 53.1 Å². The van der Waals surface area contributed by atoms with Crippen molar-refractivity contribution in [3.63, 3.8) is 0 Å². The summed E-state index contributed by atoms with van der Waals surface area (Å²) in [6, 6.07) is 7.81. The number of rotatable bonds is 8. The average Bonchev–Trinajstić information content (AvgIpc) is 3.10. The zero-order chi connectivity index (χ0) is 21.8. The minimum atomic E-state index is -0.158. The van der Waals surface area contributed by atoms with Crippen molar-refractivity contribution in [3.05, 3.63) is 46.4 Å². The van der Waals surface area contributed by atoms with Crippen molar-refractivity contribution in [3.8, 4) is 0 Å². The first-order valence-corrected chi connectivity index (χ1v) is 10.8. The molecule has 3 heterocycles. The molecule has 31 heavy (non-hydrogen) atoms. The Hall–Kier alpha value is -2.68. The van der Waals surface area contributed by atoms with Crippen molar-refractivity contribution in [2.45, 2.75) is 13.0 Å². The number of nitrogens with one attached hydrogen (secondary N) is 1.